The Balaban J connectivity index is 1.01. The first-order valence-corrected chi connectivity index (χ1v) is 27.3. The van der Waals surface area contributed by atoms with Crippen molar-refractivity contribution in [2.45, 2.75) is 25.2 Å². The van der Waals surface area contributed by atoms with E-state index in [1.54, 1.807) is 0 Å². The molecule has 6 heteroatoms. The van der Waals surface area contributed by atoms with E-state index in [4.69, 9.17) is 15.0 Å². The number of para-hydroxylation sites is 1. The summed E-state index contributed by atoms with van der Waals surface area (Å²) in [5, 5.41) is 5.05. The van der Waals surface area contributed by atoms with Gasteiger partial charge in [0.1, 0.15) is 0 Å². The summed E-state index contributed by atoms with van der Waals surface area (Å²) in [5.74, 6) is 2.07. The summed E-state index contributed by atoms with van der Waals surface area (Å²) < 4.78 is 8.02. The number of thiophene rings is 1. The smallest absolute Gasteiger partial charge is 0.0619 e. The normalized spacial score (nSPS) is 16.0. The van der Waals surface area contributed by atoms with E-state index in [9.17, 15) is 0 Å². The topological polar surface area (TPSA) is 43.6 Å². The van der Waals surface area contributed by atoms with Gasteiger partial charge in [0.05, 0.1) is 0 Å². The molecule has 0 bridgehead atoms. The van der Waals surface area contributed by atoms with Crippen molar-refractivity contribution in [2.75, 3.05) is 0 Å². The van der Waals surface area contributed by atoms with Crippen LogP contribution in [0, 0.1) is 7.14 Å². The fourth-order valence-corrected chi connectivity index (χ4v) is 16.0. The van der Waals surface area contributed by atoms with E-state index in [2.05, 4.69) is 224 Å². The van der Waals surface area contributed by atoms with E-state index in [1.807, 2.05) is 11.3 Å². The van der Waals surface area contributed by atoms with Gasteiger partial charge in [-0.2, -0.15) is 0 Å². The van der Waals surface area contributed by atoms with Gasteiger partial charge >= 0.3 is 304 Å². The van der Waals surface area contributed by atoms with Crippen LogP contribution in [0.3, 0.4) is 0 Å². The standard InChI is InChI=1S/C65H42IN4S/c1-65(45-19-6-3-7-20-45)38-44(35-53(39-16-4-2-5-17-39)61(65)70-56-26-14-11-23-49(56)52-33-28-41-34-40-18-8-9-21-46(40)59(41)60(52)70)64-68-62(42-29-31-48-47-22-10-13-25-54(47)66-55(48)36-42)67-63(69-64)43-30-32-51-50-24-12-15-27-57(50)71-58(51)37-43/h2-33,35-37H,34,38H2,1H3/q-1. The van der Waals surface area contributed by atoms with Gasteiger partial charge in [-0.15, -0.1) is 0 Å². The molecule has 2 aliphatic carbocycles. The van der Waals surface area contributed by atoms with Gasteiger partial charge in [-0.3, -0.25) is 0 Å². The van der Waals surface area contributed by atoms with Gasteiger partial charge in [0.15, 0.2) is 0 Å². The molecule has 3 aromatic heterocycles. The van der Waals surface area contributed by atoms with Crippen LogP contribution in [-0.4, -0.2) is 19.5 Å². The first kappa shape index (κ1) is 41.0. The molecule has 0 spiro atoms. The van der Waals surface area contributed by atoms with Crippen molar-refractivity contribution in [3.05, 3.63) is 248 Å². The van der Waals surface area contributed by atoms with Crippen molar-refractivity contribution < 1.29 is 21.2 Å². The average Bonchev–Trinajstić information content (AvgIpc) is 4.19. The van der Waals surface area contributed by atoms with Crippen molar-refractivity contribution in [3.63, 3.8) is 0 Å². The SMILES string of the molecule is CC1(c2ccccc2)CC(c2nc(-c3ccc4c(c3)[I-]c3ccccc3-4)nc(-c3ccc4c(c3)sc3ccccc34)n2)=CC(c2ccccc2)=C1n1c2ccccc2c2ccc3c(c21)-c1ccccc1C3. The van der Waals surface area contributed by atoms with Crippen LogP contribution < -0.4 is 21.2 Å². The predicted molar refractivity (Wildman–Crippen MR) is 290 cm³/mol. The molecule has 0 amide bonds. The van der Waals surface area contributed by atoms with E-state index < -0.39 is 5.41 Å². The monoisotopic (exact) mass is 1040 g/mol. The molecule has 3 aliphatic rings. The maximum absolute atomic E-state index is 5.57. The third-order valence-electron chi connectivity index (χ3n) is 15.1. The maximum atomic E-state index is 5.57. The zero-order valence-corrected chi connectivity index (χ0v) is 41.7. The fraction of sp³-hybridized carbons (Fsp3) is 0.0615. The molecule has 4 heterocycles. The van der Waals surface area contributed by atoms with E-state index in [1.165, 1.54) is 93.8 Å². The van der Waals surface area contributed by atoms with E-state index in [0.29, 0.717) is 23.9 Å². The Morgan fingerprint density at radius 3 is 2.00 bits per heavy atom. The number of hydrogen-bond acceptors (Lipinski definition) is 4. The van der Waals surface area contributed by atoms with Gasteiger partial charge in [0, 0.05) is 16.3 Å². The van der Waals surface area contributed by atoms with Crippen LogP contribution >= 0.6 is 11.3 Å². The minimum atomic E-state index is -0.557. The summed E-state index contributed by atoms with van der Waals surface area (Å²) in [6, 6.07) is 76.0. The number of rotatable bonds is 6. The molecule has 12 aromatic rings. The third kappa shape index (κ3) is 6.37. The average molecular weight is 1040 g/mol. The molecule has 71 heavy (non-hydrogen) atoms. The first-order chi connectivity index (χ1) is 35.0. The summed E-state index contributed by atoms with van der Waals surface area (Å²) in [6.45, 7) is 2.45. The molecule has 4 nitrogen and oxygen atoms in total. The zero-order chi connectivity index (χ0) is 46.8. The first-order valence-electron chi connectivity index (χ1n) is 24.3. The summed E-state index contributed by atoms with van der Waals surface area (Å²) in [7, 11) is 0. The Morgan fingerprint density at radius 1 is 0.493 bits per heavy atom. The van der Waals surface area contributed by atoms with Crippen LogP contribution in [0.25, 0.3) is 104 Å². The Hall–Kier alpha value is -7.78. The molecule has 0 fully saturated rings. The van der Waals surface area contributed by atoms with Crippen molar-refractivity contribution >= 4 is 70.2 Å². The molecule has 1 unspecified atom stereocenters. The van der Waals surface area contributed by atoms with E-state index in [-0.39, 0.29) is 21.2 Å². The van der Waals surface area contributed by atoms with Gasteiger partial charge in [-0.05, 0) is 29.2 Å². The summed E-state index contributed by atoms with van der Waals surface area (Å²) in [5.41, 5.74) is 17.9. The van der Waals surface area contributed by atoms with Crippen LogP contribution in [0.15, 0.2) is 212 Å². The van der Waals surface area contributed by atoms with Gasteiger partial charge < -0.3 is 0 Å². The Morgan fingerprint density at radius 2 is 1.14 bits per heavy atom. The molecule has 1 atom stereocenters. The molecule has 0 saturated carbocycles. The number of nitrogens with zero attached hydrogens (tertiary/aromatic N) is 4. The molecule has 1 aliphatic heterocycles. The Bertz CT molecular complexity index is 4280. The number of benzene rings is 9. The second kappa shape index (κ2) is 15.9. The van der Waals surface area contributed by atoms with Crippen LogP contribution in [-0.2, 0) is 11.8 Å². The van der Waals surface area contributed by atoms with Crippen molar-refractivity contribution in [2.24, 2.45) is 0 Å². The molecule has 0 radical (unpaired) electrons. The van der Waals surface area contributed by atoms with E-state index in [0.717, 1.165) is 34.3 Å². The predicted octanol–water partition coefficient (Wildman–Crippen LogP) is 13.2. The Labute approximate surface area is 425 Å². The van der Waals surface area contributed by atoms with Gasteiger partial charge in [-0.1, -0.05) is 78.9 Å². The second-order valence-corrected chi connectivity index (χ2v) is 23.2. The summed E-state index contributed by atoms with van der Waals surface area (Å²) in [6.07, 6.45) is 3.99. The molecule has 15 rings (SSSR count). The molecule has 0 N–H and O–H groups in total. The number of hydrogen-bond donors (Lipinski definition) is 0. The fourth-order valence-electron chi connectivity index (χ4n) is 11.8. The van der Waals surface area contributed by atoms with Crippen molar-refractivity contribution in [3.8, 4) is 45.0 Å². The van der Waals surface area contributed by atoms with Crippen molar-refractivity contribution in [1.29, 1.82) is 0 Å². The molecular formula is C65H42IN4S-. The van der Waals surface area contributed by atoms with E-state index >= 15 is 0 Å². The van der Waals surface area contributed by atoms with Crippen LogP contribution in [0.1, 0.15) is 41.4 Å². The van der Waals surface area contributed by atoms with Gasteiger partial charge in [0.2, 0.25) is 0 Å². The summed E-state index contributed by atoms with van der Waals surface area (Å²) in [4.78, 5) is 16.5. The number of aromatic nitrogens is 4. The molecular weight excluding hydrogens is 996 g/mol. The number of fused-ring (bicyclic) bond motifs is 13. The Kier molecular flexibility index (Phi) is 9.17. The summed E-state index contributed by atoms with van der Waals surface area (Å²) >= 11 is 1.48. The molecule has 0 saturated heterocycles. The van der Waals surface area contributed by atoms with Gasteiger partial charge in [-0.25, -0.2) is 0 Å². The number of halogens is 1. The third-order valence-corrected chi connectivity index (χ3v) is 19.2. The minimum absolute atomic E-state index is 0.338. The van der Waals surface area contributed by atoms with Gasteiger partial charge in [0.25, 0.3) is 0 Å². The van der Waals surface area contributed by atoms with Crippen LogP contribution in [0.5, 0.6) is 0 Å². The minimum Gasteiger partial charge on any atom is -0.0619 e. The second-order valence-electron chi connectivity index (χ2n) is 19.2. The van der Waals surface area contributed by atoms with Crippen LogP contribution in [0.2, 0.25) is 0 Å². The quantitative estimate of drug-likeness (QED) is 0.156. The molecule has 9 aromatic carbocycles. The van der Waals surface area contributed by atoms with Crippen molar-refractivity contribution in [1.82, 2.24) is 19.5 Å². The number of allylic oxidation sites excluding steroid dienone is 4. The van der Waals surface area contributed by atoms with Crippen LogP contribution in [0.4, 0.5) is 0 Å². The molecule has 336 valence electrons. The zero-order valence-electron chi connectivity index (χ0n) is 38.7.